The Morgan fingerprint density at radius 1 is 1.13 bits per heavy atom. The van der Waals surface area contributed by atoms with E-state index >= 15 is 0 Å². The number of benzene rings is 2. The zero-order chi connectivity index (χ0) is 21.1. The number of aromatic nitrogens is 2. The third-order valence-corrected chi connectivity index (χ3v) is 5.64. The largest absolute Gasteiger partial charge is 0.494 e. The summed E-state index contributed by atoms with van der Waals surface area (Å²) in [7, 11) is 0. The van der Waals surface area contributed by atoms with E-state index in [0.717, 1.165) is 47.4 Å². The molecule has 1 N–H and O–H groups in total. The first kappa shape index (κ1) is 20.5. The molecule has 0 saturated heterocycles. The number of fused-ring (bicyclic) bond motifs is 1. The minimum absolute atomic E-state index is 0.0122. The maximum Gasteiger partial charge on any atom is 0.273 e. The van der Waals surface area contributed by atoms with E-state index < -0.39 is 0 Å². The number of aromatic amines is 1. The summed E-state index contributed by atoms with van der Waals surface area (Å²) < 4.78 is 5.92. The van der Waals surface area contributed by atoms with Gasteiger partial charge in [-0.1, -0.05) is 56.1 Å². The lowest BCUT2D eigenvalue weighted by Gasteiger charge is -2.26. The number of nitrogens with one attached hydrogen (secondary N) is 1. The molecule has 0 fully saturated rings. The van der Waals surface area contributed by atoms with Gasteiger partial charge >= 0.3 is 0 Å². The highest BCUT2D eigenvalue weighted by Gasteiger charge is 2.41. The number of hydrogen-bond donors (Lipinski definition) is 1. The quantitative estimate of drug-likeness (QED) is 0.461. The Hall–Kier alpha value is -2.79. The van der Waals surface area contributed by atoms with E-state index in [9.17, 15) is 4.79 Å². The fourth-order valence-electron chi connectivity index (χ4n) is 3.95. The molecule has 0 radical (unpaired) electrons. The highest BCUT2D eigenvalue weighted by atomic mass is 35.5. The van der Waals surface area contributed by atoms with Gasteiger partial charge in [0, 0.05) is 22.7 Å². The van der Waals surface area contributed by atoms with Crippen molar-refractivity contribution in [2.75, 3.05) is 13.2 Å². The standard InChI is InChI=1S/C24H26ClN3O2/c1-3-5-14-30-19-8-6-7-17(15-19)23-20-21(16-9-11-18(25)12-10-16)26-27-22(20)24(29)28(23)13-4-2/h6-12,15,23H,3-5,13-14H2,1-2H3,(H,26,27). The lowest BCUT2D eigenvalue weighted by atomic mass is 9.96. The topological polar surface area (TPSA) is 58.2 Å². The van der Waals surface area contributed by atoms with Crippen LogP contribution in [0.3, 0.4) is 0 Å². The maximum atomic E-state index is 13.2. The van der Waals surface area contributed by atoms with Gasteiger partial charge in [0.2, 0.25) is 0 Å². The van der Waals surface area contributed by atoms with Crippen LogP contribution in [0.25, 0.3) is 11.3 Å². The Balaban J connectivity index is 1.77. The normalized spacial score (nSPS) is 15.5. The van der Waals surface area contributed by atoms with Crippen LogP contribution in [0.5, 0.6) is 5.75 Å². The Kier molecular flexibility index (Phi) is 6.09. The number of carbonyl (C=O) groups excluding carboxylic acids is 1. The number of nitrogens with zero attached hydrogens (tertiary/aromatic N) is 2. The van der Waals surface area contributed by atoms with Crippen LogP contribution >= 0.6 is 11.6 Å². The molecule has 1 amide bonds. The number of amides is 1. The van der Waals surface area contributed by atoms with Gasteiger partial charge in [-0.2, -0.15) is 5.10 Å². The minimum Gasteiger partial charge on any atom is -0.494 e. The number of unbranched alkanes of at least 4 members (excludes halogenated alkanes) is 1. The molecule has 6 heteroatoms. The zero-order valence-electron chi connectivity index (χ0n) is 17.3. The second kappa shape index (κ2) is 8.92. The van der Waals surface area contributed by atoms with Gasteiger partial charge in [0.1, 0.15) is 11.4 Å². The van der Waals surface area contributed by atoms with Crippen LogP contribution in [0, 0.1) is 0 Å². The molecule has 3 aromatic rings. The summed E-state index contributed by atoms with van der Waals surface area (Å²) in [5, 5.41) is 8.15. The SMILES string of the molecule is CCCCOc1cccc(C2c3c(-c4ccc(Cl)cc4)n[nH]c3C(=O)N2CCC)c1. The van der Waals surface area contributed by atoms with Crippen molar-refractivity contribution in [1.82, 2.24) is 15.1 Å². The molecule has 1 aliphatic rings. The summed E-state index contributed by atoms with van der Waals surface area (Å²) >= 11 is 6.07. The van der Waals surface area contributed by atoms with E-state index in [2.05, 4.69) is 30.1 Å². The molecule has 0 bridgehead atoms. The van der Waals surface area contributed by atoms with Gasteiger partial charge in [0.05, 0.1) is 18.3 Å². The average Bonchev–Trinajstić information content (AvgIpc) is 3.29. The van der Waals surface area contributed by atoms with Gasteiger partial charge in [-0.25, -0.2) is 0 Å². The number of H-pyrrole nitrogens is 1. The molecular formula is C24H26ClN3O2. The van der Waals surface area contributed by atoms with Gasteiger partial charge in [0.15, 0.2) is 0 Å². The monoisotopic (exact) mass is 423 g/mol. The smallest absolute Gasteiger partial charge is 0.273 e. The summed E-state index contributed by atoms with van der Waals surface area (Å²) in [4.78, 5) is 15.1. The highest BCUT2D eigenvalue weighted by Crippen LogP contribution is 2.43. The summed E-state index contributed by atoms with van der Waals surface area (Å²) in [5.41, 5.74) is 4.23. The third kappa shape index (κ3) is 3.82. The van der Waals surface area contributed by atoms with Crippen LogP contribution < -0.4 is 4.74 Å². The first-order chi connectivity index (χ1) is 14.6. The third-order valence-electron chi connectivity index (χ3n) is 5.39. The average molecular weight is 424 g/mol. The number of hydrogen-bond acceptors (Lipinski definition) is 3. The molecule has 0 saturated carbocycles. The van der Waals surface area contributed by atoms with Crippen LogP contribution in [0.2, 0.25) is 5.02 Å². The van der Waals surface area contributed by atoms with Crippen LogP contribution in [-0.2, 0) is 0 Å². The van der Waals surface area contributed by atoms with Crippen LogP contribution in [-0.4, -0.2) is 34.2 Å². The molecular weight excluding hydrogens is 398 g/mol. The molecule has 4 rings (SSSR count). The predicted molar refractivity (Wildman–Crippen MR) is 119 cm³/mol. The van der Waals surface area contributed by atoms with Crippen LogP contribution in [0.1, 0.15) is 60.8 Å². The van der Waals surface area contributed by atoms with Gasteiger partial charge in [-0.3, -0.25) is 9.89 Å². The molecule has 1 atom stereocenters. The molecule has 30 heavy (non-hydrogen) atoms. The van der Waals surface area contributed by atoms with Crippen molar-refractivity contribution in [2.24, 2.45) is 0 Å². The van der Waals surface area contributed by atoms with Crippen LogP contribution in [0.4, 0.5) is 0 Å². The fraction of sp³-hybridized carbons (Fsp3) is 0.333. The van der Waals surface area contributed by atoms with Crippen molar-refractivity contribution < 1.29 is 9.53 Å². The summed E-state index contributed by atoms with van der Waals surface area (Å²) in [6, 6.07) is 15.4. The second-order valence-corrected chi connectivity index (χ2v) is 7.98. The summed E-state index contributed by atoms with van der Waals surface area (Å²) in [6.07, 6.45) is 2.98. The van der Waals surface area contributed by atoms with E-state index in [-0.39, 0.29) is 11.9 Å². The van der Waals surface area contributed by atoms with Crippen molar-refractivity contribution in [3.05, 3.63) is 70.4 Å². The number of ether oxygens (including phenoxy) is 1. The predicted octanol–water partition coefficient (Wildman–Crippen LogP) is 5.86. The molecule has 0 aliphatic carbocycles. The van der Waals surface area contributed by atoms with Gasteiger partial charge in [0.25, 0.3) is 5.91 Å². The van der Waals surface area contributed by atoms with Crippen LogP contribution in [0.15, 0.2) is 48.5 Å². The first-order valence-corrected chi connectivity index (χ1v) is 10.9. The van der Waals surface area contributed by atoms with Gasteiger partial charge in [-0.05, 0) is 42.7 Å². The molecule has 0 spiro atoms. The summed E-state index contributed by atoms with van der Waals surface area (Å²) in [5.74, 6) is 0.816. The Morgan fingerprint density at radius 3 is 2.67 bits per heavy atom. The van der Waals surface area contributed by atoms with E-state index in [0.29, 0.717) is 23.9 Å². The van der Waals surface area contributed by atoms with Crippen molar-refractivity contribution in [3.63, 3.8) is 0 Å². The summed E-state index contributed by atoms with van der Waals surface area (Å²) in [6.45, 7) is 5.59. The van der Waals surface area contributed by atoms with Gasteiger partial charge in [-0.15, -0.1) is 0 Å². The van der Waals surface area contributed by atoms with E-state index in [1.807, 2.05) is 47.4 Å². The lowest BCUT2D eigenvalue weighted by Crippen LogP contribution is -2.30. The van der Waals surface area contributed by atoms with Crippen molar-refractivity contribution >= 4 is 17.5 Å². The lowest BCUT2D eigenvalue weighted by molar-refractivity contribution is 0.0743. The number of rotatable bonds is 8. The van der Waals surface area contributed by atoms with E-state index in [4.69, 9.17) is 16.3 Å². The van der Waals surface area contributed by atoms with E-state index in [1.165, 1.54) is 0 Å². The molecule has 1 aromatic heterocycles. The molecule has 2 aromatic carbocycles. The fourth-order valence-corrected chi connectivity index (χ4v) is 4.08. The Bertz CT molecular complexity index is 1030. The van der Waals surface area contributed by atoms with Crippen molar-refractivity contribution in [1.29, 1.82) is 0 Å². The highest BCUT2D eigenvalue weighted by molar-refractivity contribution is 6.30. The zero-order valence-corrected chi connectivity index (χ0v) is 18.1. The molecule has 1 aliphatic heterocycles. The molecule has 2 heterocycles. The van der Waals surface area contributed by atoms with Crippen molar-refractivity contribution in [2.45, 2.75) is 39.2 Å². The number of carbonyl (C=O) groups is 1. The Morgan fingerprint density at radius 2 is 1.93 bits per heavy atom. The maximum absolute atomic E-state index is 13.2. The molecule has 1 unspecified atom stereocenters. The minimum atomic E-state index is -0.202. The Labute approximate surface area is 182 Å². The first-order valence-electron chi connectivity index (χ1n) is 10.5. The second-order valence-electron chi connectivity index (χ2n) is 7.54. The van der Waals surface area contributed by atoms with E-state index in [1.54, 1.807) is 0 Å². The molecule has 5 nitrogen and oxygen atoms in total. The molecule has 156 valence electrons. The van der Waals surface area contributed by atoms with Gasteiger partial charge < -0.3 is 9.64 Å². The number of halogens is 1. The van der Waals surface area contributed by atoms with Crippen molar-refractivity contribution in [3.8, 4) is 17.0 Å².